The number of carboxylic acids is 1. The van der Waals surface area contributed by atoms with E-state index in [0.29, 0.717) is 9.26 Å². The molecule has 2 N–H and O–H groups in total. The van der Waals surface area contributed by atoms with Gasteiger partial charge in [-0.25, -0.2) is 0 Å². The lowest BCUT2D eigenvalue weighted by Gasteiger charge is -2.26. The minimum atomic E-state index is -1.01. The fourth-order valence-electron chi connectivity index (χ4n) is 2.01. The van der Waals surface area contributed by atoms with Crippen molar-refractivity contribution in [2.45, 2.75) is 13.0 Å². The minimum Gasteiger partial charge on any atom is -0.481 e. The first-order chi connectivity index (χ1) is 9.34. The fourth-order valence-corrected chi connectivity index (χ4v) is 2.66. The highest BCUT2D eigenvalue weighted by Gasteiger charge is 2.46. The number of hydrogen-bond acceptors (Lipinski definition) is 5. The highest BCUT2D eigenvalue weighted by Crippen LogP contribution is 2.33. The zero-order chi connectivity index (χ0) is 14.9. The molecule has 1 saturated heterocycles. The lowest BCUT2D eigenvalue weighted by atomic mass is 9.85. The monoisotopic (exact) mass is 392 g/mol. The van der Waals surface area contributed by atoms with Crippen LogP contribution in [0.25, 0.3) is 0 Å². The number of nitrogens with one attached hydrogen (secondary N) is 1. The van der Waals surface area contributed by atoms with Gasteiger partial charge in [0, 0.05) is 21.4 Å². The van der Waals surface area contributed by atoms with E-state index in [1.165, 1.54) is 12.1 Å². The van der Waals surface area contributed by atoms with Crippen LogP contribution in [-0.2, 0) is 9.53 Å². The Morgan fingerprint density at radius 2 is 2.35 bits per heavy atom. The molecule has 2 rings (SSSR count). The number of ether oxygens (including phenoxy) is 1. The summed E-state index contributed by atoms with van der Waals surface area (Å²) < 4.78 is 5.92. The standard InChI is InChI=1S/C12H13IN2O5/c1-12(11(16)17)6-20-5-10(12)14-9-3-2-7(15(18)19)4-8(9)13/h2-4,10,14H,5-6H2,1H3,(H,16,17). The largest absolute Gasteiger partial charge is 0.481 e. The number of carbonyl (C=O) groups is 1. The van der Waals surface area contributed by atoms with Gasteiger partial charge in [-0.1, -0.05) is 0 Å². The van der Waals surface area contributed by atoms with Crippen molar-refractivity contribution in [3.63, 3.8) is 0 Å². The maximum Gasteiger partial charge on any atom is 0.313 e. The average Bonchev–Trinajstić information content (AvgIpc) is 2.74. The predicted molar refractivity (Wildman–Crippen MR) is 79.8 cm³/mol. The first-order valence-corrected chi connectivity index (χ1v) is 6.94. The Labute approximate surface area is 128 Å². The number of anilines is 1. The van der Waals surface area contributed by atoms with Gasteiger partial charge < -0.3 is 15.2 Å². The summed E-state index contributed by atoms with van der Waals surface area (Å²) in [6.07, 6.45) is 0. The van der Waals surface area contributed by atoms with Gasteiger partial charge in [0.2, 0.25) is 0 Å². The number of non-ortho nitro benzene ring substituents is 1. The number of nitro benzene ring substituents is 1. The third-order valence-corrected chi connectivity index (χ3v) is 4.33. The van der Waals surface area contributed by atoms with Crippen molar-refractivity contribution < 1.29 is 19.6 Å². The summed E-state index contributed by atoms with van der Waals surface area (Å²) in [4.78, 5) is 21.6. The molecule has 0 radical (unpaired) electrons. The topological polar surface area (TPSA) is 102 Å². The molecule has 8 heteroatoms. The number of carboxylic acid groups (broad SMARTS) is 1. The van der Waals surface area contributed by atoms with Crippen LogP contribution in [0.5, 0.6) is 0 Å². The highest BCUT2D eigenvalue weighted by molar-refractivity contribution is 14.1. The van der Waals surface area contributed by atoms with E-state index in [0.717, 1.165) is 0 Å². The Balaban J connectivity index is 2.22. The zero-order valence-electron chi connectivity index (χ0n) is 10.6. The summed E-state index contributed by atoms with van der Waals surface area (Å²) in [5.41, 5.74) is -0.340. The van der Waals surface area contributed by atoms with Crippen molar-refractivity contribution in [1.29, 1.82) is 0 Å². The normalized spacial score (nSPS) is 25.4. The van der Waals surface area contributed by atoms with Crippen LogP contribution >= 0.6 is 22.6 Å². The number of aliphatic carboxylic acids is 1. The molecule has 0 amide bonds. The molecule has 0 spiro atoms. The first kappa shape index (κ1) is 15.0. The Kier molecular flexibility index (Phi) is 4.14. The van der Waals surface area contributed by atoms with E-state index in [1.54, 1.807) is 13.0 Å². The van der Waals surface area contributed by atoms with Crippen LogP contribution in [0.15, 0.2) is 18.2 Å². The molecule has 20 heavy (non-hydrogen) atoms. The molecule has 1 aromatic rings. The molecule has 108 valence electrons. The van der Waals surface area contributed by atoms with E-state index in [1.807, 2.05) is 22.6 Å². The van der Waals surface area contributed by atoms with Crippen LogP contribution in [0.3, 0.4) is 0 Å². The molecule has 2 atom stereocenters. The summed E-state index contributed by atoms with van der Waals surface area (Å²) in [7, 11) is 0. The van der Waals surface area contributed by atoms with E-state index >= 15 is 0 Å². The summed E-state index contributed by atoms with van der Waals surface area (Å²) in [6, 6.07) is 4.03. The van der Waals surface area contributed by atoms with Crippen molar-refractivity contribution in [3.05, 3.63) is 31.9 Å². The van der Waals surface area contributed by atoms with E-state index in [2.05, 4.69) is 5.32 Å². The van der Waals surface area contributed by atoms with Gasteiger partial charge in [-0.15, -0.1) is 0 Å². The van der Waals surface area contributed by atoms with Gasteiger partial charge in [0.1, 0.15) is 5.41 Å². The Morgan fingerprint density at radius 3 is 2.90 bits per heavy atom. The van der Waals surface area contributed by atoms with Gasteiger partial charge in [0.25, 0.3) is 5.69 Å². The molecular weight excluding hydrogens is 379 g/mol. The lowest BCUT2D eigenvalue weighted by Crippen LogP contribution is -2.43. The second-order valence-corrected chi connectivity index (χ2v) is 6.02. The molecule has 1 aliphatic rings. The number of rotatable bonds is 4. The Bertz CT molecular complexity index is 565. The Morgan fingerprint density at radius 1 is 1.65 bits per heavy atom. The number of halogens is 1. The van der Waals surface area contributed by atoms with E-state index < -0.39 is 16.3 Å². The van der Waals surface area contributed by atoms with Gasteiger partial charge in [0.15, 0.2) is 0 Å². The number of nitro groups is 1. The smallest absolute Gasteiger partial charge is 0.313 e. The van der Waals surface area contributed by atoms with Crippen LogP contribution in [0.1, 0.15) is 6.92 Å². The molecule has 0 bridgehead atoms. The third-order valence-electron chi connectivity index (χ3n) is 3.44. The maximum atomic E-state index is 11.3. The zero-order valence-corrected chi connectivity index (χ0v) is 12.8. The molecule has 0 saturated carbocycles. The van der Waals surface area contributed by atoms with Crippen LogP contribution < -0.4 is 5.32 Å². The molecule has 0 aliphatic carbocycles. The molecule has 7 nitrogen and oxygen atoms in total. The van der Waals surface area contributed by atoms with E-state index in [4.69, 9.17) is 4.74 Å². The second kappa shape index (κ2) is 5.52. The molecule has 1 fully saturated rings. The fraction of sp³-hybridized carbons (Fsp3) is 0.417. The van der Waals surface area contributed by atoms with Gasteiger partial charge >= 0.3 is 5.97 Å². The van der Waals surface area contributed by atoms with Crippen molar-refractivity contribution in [1.82, 2.24) is 0 Å². The molecule has 1 heterocycles. The lowest BCUT2D eigenvalue weighted by molar-refractivity contribution is -0.384. The van der Waals surface area contributed by atoms with Crippen molar-refractivity contribution in [2.75, 3.05) is 18.5 Å². The van der Waals surface area contributed by atoms with Gasteiger partial charge in [-0.2, -0.15) is 0 Å². The highest BCUT2D eigenvalue weighted by atomic mass is 127. The summed E-state index contributed by atoms with van der Waals surface area (Å²) >= 11 is 1.98. The number of benzene rings is 1. The molecule has 1 aliphatic heterocycles. The quantitative estimate of drug-likeness (QED) is 0.462. The summed E-state index contributed by atoms with van der Waals surface area (Å²) in [6.45, 7) is 2.05. The molecule has 1 aromatic carbocycles. The first-order valence-electron chi connectivity index (χ1n) is 5.86. The maximum absolute atomic E-state index is 11.3. The summed E-state index contributed by atoms with van der Waals surface area (Å²) in [5, 5.41) is 23.1. The van der Waals surface area contributed by atoms with E-state index in [-0.39, 0.29) is 24.9 Å². The van der Waals surface area contributed by atoms with E-state index in [9.17, 15) is 20.0 Å². The number of nitrogens with zero attached hydrogens (tertiary/aromatic N) is 1. The van der Waals surface area contributed by atoms with Crippen LogP contribution in [0, 0.1) is 19.1 Å². The van der Waals surface area contributed by atoms with Crippen molar-refractivity contribution in [2.24, 2.45) is 5.41 Å². The van der Waals surface area contributed by atoms with Crippen LogP contribution in [0.2, 0.25) is 0 Å². The van der Waals surface area contributed by atoms with Crippen molar-refractivity contribution >= 4 is 39.9 Å². The van der Waals surface area contributed by atoms with Crippen LogP contribution in [-0.4, -0.2) is 35.3 Å². The van der Waals surface area contributed by atoms with Gasteiger partial charge in [-0.05, 0) is 35.6 Å². The van der Waals surface area contributed by atoms with Gasteiger partial charge in [0.05, 0.1) is 24.2 Å². The number of hydrogen-bond donors (Lipinski definition) is 2. The molecule has 2 unspecified atom stereocenters. The second-order valence-electron chi connectivity index (χ2n) is 4.86. The molecule has 0 aromatic heterocycles. The summed E-state index contributed by atoms with van der Waals surface area (Å²) in [5.74, 6) is -0.926. The third kappa shape index (κ3) is 2.70. The Hall–Kier alpha value is -1.42. The van der Waals surface area contributed by atoms with Crippen LogP contribution in [0.4, 0.5) is 11.4 Å². The average molecular weight is 392 g/mol. The minimum absolute atomic E-state index is 0.00335. The predicted octanol–water partition coefficient (Wildman–Crippen LogP) is 2.10. The van der Waals surface area contributed by atoms with Crippen molar-refractivity contribution in [3.8, 4) is 0 Å². The molecular formula is C12H13IN2O5. The van der Waals surface area contributed by atoms with Gasteiger partial charge in [-0.3, -0.25) is 14.9 Å². The SMILES string of the molecule is CC1(C(=O)O)COCC1Nc1ccc([N+](=O)[O-])cc1I.